The summed E-state index contributed by atoms with van der Waals surface area (Å²) in [5.41, 5.74) is 5.91. The van der Waals surface area contributed by atoms with Crippen molar-refractivity contribution in [3.05, 3.63) is 81.8 Å². The Hall–Kier alpha value is -3.84. The maximum atomic E-state index is 13.0. The molecular weight excluding hydrogens is 392 g/mol. The SMILES string of the molecule is O=c1ccc2nc3ccccc3n3c-2c1[C@@H]1Cc2nc4cccc(O)c4nc2[C@H]3[C@H]1O. The largest absolute Gasteiger partial charge is 0.506 e. The second kappa shape index (κ2) is 5.65. The van der Waals surface area contributed by atoms with E-state index in [0.717, 1.165) is 28.1 Å². The molecule has 2 aromatic carbocycles. The highest BCUT2D eigenvalue weighted by Crippen LogP contribution is 2.49. The van der Waals surface area contributed by atoms with E-state index in [-0.39, 0.29) is 17.1 Å². The first kappa shape index (κ1) is 16.9. The molecular formula is C24H16N4O3. The Morgan fingerprint density at radius 3 is 2.68 bits per heavy atom. The fourth-order valence-electron chi connectivity index (χ4n) is 5.34. The van der Waals surface area contributed by atoms with Crippen LogP contribution in [0.3, 0.4) is 0 Å². The van der Waals surface area contributed by atoms with Gasteiger partial charge in [-0.3, -0.25) is 4.79 Å². The van der Waals surface area contributed by atoms with Gasteiger partial charge in [-0.1, -0.05) is 18.2 Å². The molecule has 0 unspecified atom stereocenters. The number of benzene rings is 3. The van der Waals surface area contributed by atoms with Crippen molar-refractivity contribution in [2.75, 3.05) is 0 Å². The van der Waals surface area contributed by atoms with Crippen LogP contribution in [0.15, 0.2) is 59.4 Å². The molecule has 3 aromatic rings. The van der Waals surface area contributed by atoms with E-state index in [1.165, 1.54) is 6.07 Å². The second-order valence-electron chi connectivity index (χ2n) is 8.26. The fourth-order valence-corrected chi connectivity index (χ4v) is 5.34. The van der Waals surface area contributed by atoms with Crippen LogP contribution >= 0.6 is 0 Å². The van der Waals surface area contributed by atoms with Crippen LogP contribution in [0.4, 0.5) is 0 Å². The van der Waals surface area contributed by atoms with Crippen LogP contribution in [0.25, 0.3) is 33.5 Å². The smallest absolute Gasteiger partial charge is 0.184 e. The summed E-state index contributed by atoms with van der Waals surface area (Å²) in [6.07, 6.45) is -0.432. The highest BCUT2D eigenvalue weighted by Gasteiger charge is 2.47. The summed E-state index contributed by atoms with van der Waals surface area (Å²) < 4.78 is 1.99. The number of para-hydroxylation sites is 3. The molecule has 150 valence electrons. The summed E-state index contributed by atoms with van der Waals surface area (Å²) in [6.45, 7) is 0. The molecule has 0 fully saturated rings. The van der Waals surface area contributed by atoms with Gasteiger partial charge in [-0.25, -0.2) is 15.0 Å². The van der Waals surface area contributed by atoms with Crippen LogP contribution < -0.4 is 5.43 Å². The summed E-state index contributed by atoms with van der Waals surface area (Å²) in [4.78, 5) is 27.3. The van der Waals surface area contributed by atoms with Gasteiger partial charge in [0.1, 0.15) is 17.3 Å². The standard InChI is InChI=1S/C24H16N4O3/c29-17-9-8-14-22-19(17)11-10-15-21(27-20-13(26-15)5-3-7-18(20)30)23(24(11)31)28(22)16-6-2-1-4-12(16)25-14/h1-9,11,23-24,30-31H,10H2/t11-,23-,24-/m0/s1. The third kappa shape index (κ3) is 2.06. The van der Waals surface area contributed by atoms with Gasteiger partial charge in [0.25, 0.3) is 0 Å². The lowest BCUT2D eigenvalue weighted by atomic mass is 9.74. The third-order valence-electron chi connectivity index (χ3n) is 6.63. The van der Waals surface area contributed by atoms with Gasteiger partial charge in [-0.2, -0.15) is 0 Å². The Bertz CT molecular complexity index is 1590. The summed E-state index contributed by atoms with van der Waals surface area (Å²) in [6, 6.07) is 15.6. The minimum absolute atomic E-state index is 0.0530. The van der Waals surface area contributed by atoms with E-state index in [0.29, 0.717) is 28.7 Å². The Balaban J connectivity index is 1.67. The summed E-state index contributed by atoms with van der Waals surface area (Å²) in [7, 11) is 0. The molecule has 7 rings (SSSR count). The first-order chi connectivity index (χ1) is 15.1. The normalized spacial score (nSPS) is 21.5. The molecule has 2 aliphatic heterocycles. The van der Waals surface area contributed by atoms with Crippen molar-refractivity contribution in [1.29, 1.82) is 0 Å². The predicted octanol–water partition coefficient (Wildman–Crippen LogP) is 2.75. The third-order valence-corrected chi connectivity index (χ3v) is 6.63. The van der Waals surface area contributed by atoms with Crippen LogP contribution in [0.1, 0.15) is 28.9 Å². The summed E-state index contributed by atoms with van der Waals surface area (Å²) >= 11 is 0. The van der Waals surface area contributed by atoms with Gasteiger partial charge >= 0.3 is 0 Å². The number of hydrogen-bond acceptors (Lipinski definition) is 6. The van der Waals surface area contributed by atoms with Crippen LogP contribution in [-0.4, -0.2) is 35.8 Å². The van der Waals surface area contributed by atoms with Crippen LogP contribution in [0.5, 0.6) is 5.75 Å². The van der Waals surface area contributed by atoms with Crippen LogP contribution in [-0.2, 0) is 6.42 Å². The molecule has 2 N–H and O–H groups in total. The zero-order chi connectivity index (χ0) is 20.9. The molecule has 3 heterocycles. The van der Waals surface area contributed by atoms with E-state index in [4.69, 9.17) is 15.0 Å². The molecule has 0 saturated heterocycles. The zero-order valence-corrected chi connectivity index (χ0v) is 16.2. The molecule has 3 atom stereocenters. The highest BCUT2D eigenvalue weighted by atomic mass is 16.3. The Labute approximate surface area is 175 Å². The molecule has 7 heteroatoms. The van der Waals surface area contributed by atoms with Crippen LogP contribution in [0.2, 0.25) is 0 Å². The van der Waals surface area contributed by atoms with E-state index in [1.807, 2.05) is 34.9 Å². The molecule has 31 heavy (non-hydrogen) atoms. The van der Waals surface area contributed by atoms with Gasteiger partial charge in [0.05, 0.1) is 45.4 Å². The lowest BCUT2D eigenvalue weighted by Crippen LogP contribution is -2.45. The minimum Gasteiger partial charge on any atom is -0.506 e. The number of aromatic nitrogens is 4. The number of hydrogen-bond donors (Lipinski definition) is 2. The van der Waals surface area contributed by atoms with Crippen LogP contribution in [0, 0.1) is 0 Å². The number of aromatic hydroxyl groups is 1. The fraction of sp³-hybridized carbons (Fsp3) is 0.167. The van der Waals surface area contributed by atoms with Crippen molar-refractivity contribution in [3.63, 3.8) is 0 Å². The summed E-state index contributed by atoms with van der Waals surface area (Å²) in [5.74, 6) is -0.335. The maximum Gasteiger partial charge on any atom is 0.184 e. The van der Waals surface area contributed by atoms with Gasteiger partial charge in [0, 0.05) is 17.9 Å². The molecule has 0 saturated carbocycles. The Kier molecular flexibility index (Phi) is 3.08. The monoisotopic (exact) mass is 408 g/mol. The lowest BCUT2D eigenvalue weighted by molar-refractivity contribution is 0.0837. The quantitative estimate of drug-likeness (QED) is 0.382. The van der Waals surface area contributed by atoms with Gasteiger partial charge in [0.15, 0.2) is 5.43 Å². The van der Waals surface area contributed by atoms with Crippen molar-refractivity contribution >= 4 is 22.1 Å². The highest BCUT2D eigenvalue weighted by molar-refractivity contribution is 5.84. The molecule has 4 aliphatic rings. The van der Waals surface area contributed by atoms with Crippen molar-refractivity contribution in [2.24, 2.45) is 0 Å². The Morgan fingerprint density at radius 1 is 0.935 bits per heavy atom. The van der Waals surface area contributed by atoms with E-state index >= 15 is 0 Å². The van der Waals surface area contributed by atoms with Crippen molar-refractivity contribution in [2.45, 2.75) is 24.5 Å². The molecule has 0 spiro atoms. The van der Waals surface area contributed by atoms with Crippen molar-refractivity contribution < 1.29 is 10.2 Å². The van der Waals surface area contributed by atoms with E-state index in [1.54, 1.807) is 18.2 Å². The first-order valence-corrected chi connectivity index (χ1v) is 10.2. The molecule has 1 aromatic heterocycles. The average Bonchev–Trinajstić information content (AvgIpc) is 2.77. The summed E-state index contributed by atoms with van der Waals surface area (Å²) in [5, 5.41) is 21.8. The molecule has 0 amide bonds. The number of phenolic OH excluding ortho intramolecular Hbond substituents is 1. The molecule has 7 nitrogen and oxygen atoms in total. The van der Waals surface area contributed by atoms with E-state index in [2.05, 4.69) is 0 Å². The predicted molar refractivity (Wildman–Crippen MR) is 114 cm³/mol. The number of phenols is 1. The van der Waals surface area contributed by atoms with Gasteiger partial charge < -0.3 is 14.8 Å². The molecule has 0 radical (unpaired) electrons. The number of fused-ring (bicyclic) bond motifs is 9. The second-order valence-corrected chi connectivity index (χ2v) is 8.26. The van der Waals surface area contributed by atoms with Gasteiger partial charge in [-0.05, 0) is 36.4 Å². The topological polar surface area (TPSA) is 101 Å². The lowest BCUT2D eigenvalue weighted by Gasteiger charge is -2.43. The first-order valence-electron chi connectivity index (χ1n) is 10.2. The van der Waals surface area contributed by atoms with Gasteiger partial charge in [0.2, 0.25) is 0 Å². The minimum atomic E-state index is -0.841. The van der Waals surface area contributed by atoms with Crippen molar-refractivity contribution in [3.8, 4) is 17.1 Å². The maximum absolute atomic E-state index is 13.0. The molecule has 2 aliphatic carbocycles. The van der Waals surface area contributed by atoms with Crippen molar-refractivity contribution in [1.82, 2.24) is 19.5 Å². The number of aliphatic hydroxyl groups excluding tert-OH is 1. The molecule has 2 bridgehead atoms. The average molecular weight is 408 g/mol. The Morgan fingerprint density at radius 2 is 1.77 bits per heavy atom. The van der Waals surface area contributed by atoms with E-state index in [9.17, 15) is 15.0 Å². The number of nitrogens with zero attached hydrogens (tertiary/aromatic N) is 4. The van der Waals surface area contributed by atoms with Gasteiger partial charge in [-0.15, -0.1) is 0 Å². The zero-order valence-electron chi connectivity index (χ0n) is 16.2. The number of aliphatic hydroxyl groups is 1. The van der Waals surface area contributed by atoms with E-state index < -0.39 is 12.1 Å². The number of rotatable bonds is 0.